The van der Waals surface area contributed by atoms with Crippen molar-refractivity contribution in [2.75, 3.05) is 47.5 Å². The molecule has 0 spiro atoms. The van der Waals surface area contributed by atoms with E-state index in [2.05, 4.69) is 38.2 Å². The first-order valence-electron chi connectivity index (χ1n) is 36.5. The van der Waals surface area contributed by atoms with Crippen molar-refractivity contribution in [3.63, 3.8) is 0 Å². The highest BCUT2D eigenvalue weighted by Gasteiger charge is 2.22. The monoisotopic (exact) mass is 1190 g/mol. The third-order valence-corrected chi connectivity index (χ3v) is 17.7. The molecule has 492 valence electrons. The van der Waals surface area contributed by atoms with Crippen LogP contribution in [0.3, 0.4) is 0 Å². The van der Waals surface area contributed by atoms with E-state index in [9.17, 15) is 19.0 Å². The maximum Gasteiger partial charge on any atom is 0.306 e. The third-order valence-electron chi connectivity index (χ3n) is 16.7. The summed E-state index contributed by atoms with van der Waals surface area (Å²) in [6, 6.07) is 0. The normalized spacial score (nSPS) is 13.2. The number of hydrogen-bond donors (Lipinski definition) is 0. The van der Waals surface area contributed by atoms with Crippen LogP contribution in [-0.4, -0.2) is 70.0 Å². The number of rotatable bonds is 69. The van der Waals surface area contributed by atoms with Crippen LogP contribution in [0.25, 0.3) is 0 Å². The van der Waals surface area contributed by atoms with Crippen LogP contribution < -0.4 is 4.89 Å². The van der Waals surface area contributed by atoms with Crippen LogP contribution in [0, 0.1) is 0 Å². The molecule has 2 unspecified atom stereocenters. The van der Waals surface area contributed by atoms with E-state index in [0.717, 1.165) is 51.4 Å². The lowest BCUT2D eigenvalue weighted by Crippen LogP contribution is -2.37. The zero-order valence-electron chi connectivity index (χ0n) is 56.2. The first kappa shape index (κ1) is 81.5. The Kier molecular flexibility index (Phi) is 63.8. The number of ether oxygens (including phenoxy) is 2. The van der Waals surface area contributed by atoms with E-state index < -0.39 is 26.5 Å². The number of phosphoric acid groups is 1. The molecule has 0 aromatic rings. The lowest BCUT2D eigenvalue weighted by atomic mass is 10.0. The van der Waals surface area contributed by atoms with Gasteiger partial charge in [-0.3, -0.25) is 14.2 Å². The zero-order chi connectivity index (χ0) is 60.5. The van der Waals surface area contributed by atoms with Gasteiger partial charge in [-0.2, -0.15) is 0 Å². The number of carbonyl (C=O) groups excluding carboxylic acids is 2. The molecule has 0 N–H and O–H groups in total. The average molecular weight is 1190 g/mol. The summed E-state index contributed by atoms with van der Waals surface area (Å²) in [4.78, 5) is 38.0. The molecule has 0 amide bonds. The molecular formula is C73H142NO8P. The maximum atomic E-state index is 12.8. The second-order valence-electron chi connectivity index (χ2n) is 26.3. The average Bonchev–Trinajstić information content (AvgIpc) is 3.49. The molecule has 2 atom stereocenters. The van der Waals surface area contributed by atoms with Gasteiger partial charge < -0.3 is 27.9 Å². The van der Waals surface area contributed by atoms with Crippen LogP contribution in [0.4, 0.5) is 0 Å². The zero-order valence-corrected chi connectivity index (χ0v) is 57.1. The van der Waals surface area contributed by atoms with E-state index in [-0.39, 0.29) is 32.0 Å². The second-order valence-corrected chi connectivity index (χ2v) is 27.7. The van der Waals surface area contributed by atoms with Gasteiger partial charge in [-0.05, 0) is 44.9 Å². The minimum absolute atomic E-state index is 0.0300. The SMILES string of the molecule is CCCCCC/C=C\C/C=C\CCCCCCCCCC(=O)OC(COC(=O)CCCCCCCCCCCCCCCCCCCCCCCCCCCCCCCCCCCCCCCCCCC)COP(=O)([O-])OCC[N+](C)(C)C. The molecule has 0 saturated carbocycles. The predicted octanol–water partition coefficient (Wildman–Crippen LogP) is 23.0. The Morgan fingerprint density at radius 1 is 0.373 bits per heavy atom. The minimum atomic E-state index is -4.64. The highest BCUT2D eigenvalue weighted by Crippen LogP contribution is 2.38. The van der Waals surface area contributed by atoms with Crippen LogP contribution in [0.15, 0.2) is 24.3 Å². The fourth-order valence-corrected chi connectivity index (χ4v) is 11.8. The Balaban J connectivity index is 3.83. The molecule has 9 nitrogen and oxygen atoms in total. The fraction of sp³-hybridized carbons (Fsp3) is 0.918. The molecule has 0 aromatic heterocycles. The van der Waals surface area contributed by atoms with Crippen LogP contribution in [0.1, 0.15) is 380 Å². The predicted molar refractivity (Wildman–Crippen MR) is 356 cm³/mol. The molecule has 0 aliphatic carbocycles. The topological polar surface area (TPSA) is 111 Å². The molecule has 0 fully saturated rings. The van der Waals surface area contributed by atoms with Crippen molar-refractivity contribution >= 4 is 19.8 Å². The summed E-state index contributed by atoms with van der Waals surface area (Å²) < 4.78 is 34.3. The molecule has 10 heteroatoms. The number of likely N-dealkylation sites (N-methyl/N-ethyl adjacent to an activating group) is 1. The summed E-state index contributed by atoms with van der Waals surface area (Å²) in [5, 5.41) is 0. The summed E-state index contributed by atoms with van der Waals surface area (Å²) >= 11 is 0. The quantitative estimate of drug-likeness (QED) is 0.0195. The number of unbranched alkanes of at least 4 members (excludes halogenated alkanes) is 51. The molecule has 0 saturated heterocycles. The Morgan fingerprint density at radius 2 is 0.651 bits per heavy atom. The Labute approximate surface area is 517 Å². The lowest BCUT2D eigenvalue weighted by molar-refractivity contribution is -0.870. The molecular weight excluding hydrogens is 1050 g/mol. The summed E-state index contributed by atoms with van der Waals surface area (Å²) in [5.41, 5.74) is 0. The summed E-state index contributed by atoms with van der Waals surface area (Å²) in [7, 11) is 1.18. The molecule has 0 aliphatic heterocycles. The third kappa shape index (κ3) is 69.5. The number of allylic oxidation sites excluding steroid dienone is 4. The summed E-state index contributed by atoms with van der Waals surface area (Å²) in [6.45, 7) is 4.28. The van der Waals surface area contributed by atoms with Gasteiger partial charge in [-0.25, -0.2) is 0 Å². The Bertz CT molecular complexity index is 1450. The number of esters is 2. The van der Waals surface area contributed by atoms with Gasteiger partial charge in [0.25, 0.3) is 7.82 Å². The van der Waals surface area contributed by atoms with Gasteiger partial charge in [0.05, 0.1) is 27.7 Å². The van der Waals surface area contributed by atoms with Crippen LogP contribution >= 0.6 is 7.82 Å². The second kappa shape index (κ2) is 64.9. The van der Waals surface area contributed by atoms with Crippen LogP contribution in [0.2, 0.25) is 0 Å². The van der Waals surface area contributed by atoms with E-state index in [1.54, 1.807) is 0 Å². The number of hydrogen-bond acceptors (Lipinski definition) is 8. The summed E-state index contributed by atoms with van der Waals surface area (Å²) in [6.07, 6.45) is 81.6. The van der Waals surface area contributed by atoms with E-state index >= 15 is 0 Å². The van der Waals surface area contributed by atoms with Crippen molar-refractivity contribution in [2.24, 2.45) is 0 Å². The molecule has 83 heavy (non-hydrogen) atoms. The van der Waals surface area contributed by atoms with Gasteiger partial charge in [0.15, 0.2) is 6.10 Å². The van der Waals surface area contributed by atoms with Gasteiger partial charge in [0.1, 0.15) is 19.8 Å². The Hall–Kier alpha value is -1.51. The van der Waals surface area contributed by atoms with Gasteiger partial charge >= 0.3 is 11.9 Å². The van der Waals surface area contributed by atoms with Gasteiger partial charge in [0, 0.05) is 12.8 Å². The first-order chi connectivity index (χ1) is 40.5. The highest BCUT2D eigenvalue weighted by molar-refractivity contribution is 7.45. The van der Waals surface area contributed by atoms with E-state index in [4.69, 9.17) is 18.5 Å². The fourth-order valence-electron chi connectivity index (χ4n) is 11.1. The van der Waals surface area contributed by atoms with Crippen molar-refractivity contribution in [3.8, 4) is 0 Å². The van der Waals surface area contributed by atoms with E-state index in [1.165, 1.54) is 295 Å². The number of quaternary nitrogens is 1. The van der Waals surface area contributed by atoms with Gasteiger partial charge in [-0.15, -0.1) is 0 Å². The molecule has 0 rings (SSSR count). The van der Waals surface area contributed by atoms with Gasteiger partial charge in [-0.1, -0.05) is 346 Å². The summed E-state index contributed by atoms with van der Waals surface area (Å²) in [5.74, 6) is -0.823. The molecule has 0 aromatic carbocycles. The number of phosphoric ester groups is 1. The van der Waals surface area contributed by atoms with Crippen molar-refractivity contribution in [2.45, 2.75) is 386 Å². The smallest absolute Gasteiger partial charge is 0.306 e. The van der Waals surface area contributed by atoms with Crippen LogP contribution in [0.5, 0.6) is 0 Å². The van der Waals surface area contributed by atoms with E-state index in [0.29, 0.717) is 17.4 Å². The highest BCUT2D eigenvalue weighted by atomic mass is 31.2. The standard InChI is InChI=1S/C73H142NO8P/c1-6-8-10-12-14-16-18-20-22-24-26-27-28-29-30-31-32-33-34-35-36-37-38-39-40-41-42-43-44-45-46-47-48-50-51-53-55-57-59-61-63-65-72(75)79-69-71(70-81-83(77,78)80-68-67-74(3,4)5)82-73(76)66-64-62-60-58-56-54-52-49-25-23-21-19-17-15-13-11-9-7-2/h17,19,23,25,71H,6-16,18,20-22,24,26-70H2,1-5H3/b19-17-,25-23-. The number of nitrogens with zero attached hydrogens (tertiary/aromatic N) is 1. The van der Waals surface area contributed by atoms with E-state index in [1.807, 2.05) is 21.1 Å². The Morgan fingerprint density at radius 3 is 0.964 bits per heavy atom. The molecule has 0 aliphatic rings. The maximum absolute atomic E-state index is 12.8. The first-order valence-corrected chi connectivity index (χ1v) is 38.0. The number of carbonyl (C=O) groups is 2. The van der Waals surface area contributed by atoms with Crippen molar-refractivity contribution in [1.29, 1.82) is 0 Å². The molecule has 0 heterocycles. The molecule has 0 radical (unpaired) electrons. The van der Waals surface area contributed by atoms with Crippen molar-refractivity contribution < 1.29 is 42.1 Å². The molecule has 0 bridgehead atoms. The lowest BCUT2D eigenvalue weighted by Gasteiger charge is -2.28. The van der Waals surface area contributed by atoms with Gasteiger partial charge in [0.2, 0.25) is 0 Å². The largest absolute Gasteiger partial charge is 0.756 e. The van der Waals surface area contributed by atoms with Crippen molar-refractivity contribution in [3.05, 3.63) is 24.3 Å². The minimum Gasteiger partial charge on any atom is -0.756 e. The van der Waals surface area contributed by atoms with Crippen molar-refractivity contribution in [1.82, 2.24) is 0 Å². The van der Waals surface area contributed by atoms with Crippen LogP contribution in [-0.2, 0) is 32.7 Å².